The van der Waals surface area contributed by atoms with E-state index in [-0.39, 0.29) is 28.2 Å². The molecule has 0 aromatic heterocycles. The number of ketones is 2. The summed E-state index contributed by atoms with van der Waals surface area (Å²) in [5.74, 6) is -8.63. The number of ether oxygens (including phenoxy) is 7. The summed E-state index contributed by atoms with van der Waals surface area (Å²) in [7, 11) is 0. The van der Waals surface area contributed by atoms with E-state index in [1.807, 2.05) is 0 Å². The molecule has 1 aromatic rings. The minimum atomic E-state index is -2.03. The van der Waals surface area contributed by atoms with Crippen molar-refractivity contribution in [2.24, 2.45) is 0 Å². The molecule has 14 nitrogen and oxygen atoms in total. The van der Waals surface area contributed by atoms with Crippen LogP contribution in [0, 0.1) is 0 Å². The van der Waals surface area contributed by atoms with E-state index in [9.17, 15) is 33.6 Å². The Labute approximate surface area is 228 Å². The van der Waals surface area contributed by atoms with Crippen molar-refractivity contribution in [3.63, 3.8) is 0 Å². The van der Waals surface area contributed by atoms with Gasteiger partial charge < -0.3 is 33.2 Å². The summed E-state index contributed by atoms with van der Waals surface area (Å²) in [6.45, 7) is 7.20. The number of carbonyl (C=O) groups is 7. The minimum Gasteiger partial charge on any atom is -0.463 e. The molecule has 40 heavy (non-hydrogen) atoms. The Morgan fingerprint density at radius 3 is 1.75 bits per heavy atom. The molecule has 0 saturated carbocycles. The average Bonchev–Trinajstić information content (AvgIpc) is 3.29. The molecule has 0 unspecified atom stereocenters. The third-order valence-corrected chi connectivity index (χ3v) is 5.85. The number of hydrogen-bond acceptors (Lipinski definition) is 14. The van der Waals surface area contributed by atoms with Gasteiger partial charge in [0.2, 0.25) is 6.10 Å². The monoisotopic (exact) mass is 564 g/mol. The zero-order valence-corrected chi connectivity index (χ0v) is 22.9. The number of fused-ring (bicyclic) bond motifs is 1. The first kappa shape index (κ1) is 30.2. The third-order valence-electron chi connectivity index (χ3n) is 5.85. The minimum absolute atomic E-state index is 0.0200. The maximum absolute atomic E-state index is 12.9. The van der Waals surface area contributed by atoms with Crippen LogP contribution in [0.4, 0.5) is 0 Å². The maximum atomic E-state index is 12.9. The Morgan fingerprint density at radius 1 is 0.725 bits per heavy atom. The second-order valence-corrected chi connectivity index (χ2v) is 9.17. The van der Waals surface area contributed by atoms with E-state index in [0.717, 1.165) is 48.5 Å². The summed E-state index contributed by atoms with van der Waals surface area (Å²) in [5, 5.41) is 0. The molecular weight excluding hydrogens is 536 g/mol. The highest BCUT2D eigenvalue weighted by atomic mass is 16.8. The quantitative estimate of drug-likeness (QED) is 0.191. The van der Waals surface area contributed by atoms with Crippen molar-refractivity contribution < 1.29 is 66.7 Å². The van der Waals surface area contributed by atoms with Gasteiger partial charge in [0.15, 0.2) is 29.2 Å². The first-order valence-electron chi connectivity index (χ1n) is 12.0. The molecule has 1 saturated heterocycles. The van der Waals surface area contributed by atoms with Gasteiger partial charge in [-0.25, -0.2) is 0 Å². The summed E-state index contributed by atoms with van der Waals surface area (Å²) in [5.41, 5.74) is -0.751. The SMILES string of the molecule is CC(=O)OC[C@H]1O[C@@]2(Cc3c(OC(C)=O)c(C(C)=O)c(OC(C)=O)c(C(C)=O)c3O2)[C@@H](OC(C)=O)[C@H]1OC(C)=O. The lowest BCUT2D eigenvalue weighted by Crippen LogP contribution is -2.50. The van der Waals surface area contributed by atoms with E-state index < -0.39 is 84.3 Å². The topological polar surface area (TPSA) is 184 Å². The molecule has 216 valence electrons. The number of benzene rings is 1. The number of carbonyl (C=O) groups excluding carboxylic acids is 7. The van der Waals surface area contributed by atoms with E-state index >= 15 is 0 Å². The van der Waals surface area contributed by atoms with Gasteiger partial charge in [-0.3, -0.25) is 33.6 Å². The summed E-state index contributed by atoms with van der Waals surface area (Å²) < 4.78 is 38.7. The molecule has 2 aliphatic rings. The largest absolute Gasteiger partial charge is 0.463 e. The lowest BCUT2D eigenvalue weighted by molar-refractivity contribution is -0.213. The van der Waals surface area contributed by atoms with Crippen molar-refractivity contribution in [2.45, 2.75) is 79.0 Å². The van der Waals surface area contributed by atoms with Crippen LogP contribution in [0.25, 0.3) is 0 Å². The van der Waals surface area contributed by atoms with Crippen molar-refractivity contribution in [1.29, 1.82) is 0 Å². The lowest BCUT2D eigenvalue weighted by atomic mass is 9.93. The van der Waals surface area contributed by atoms with Crippen LogP contribution in [0.3, 0.4) is 0 Å². The van der Waals surface area contributed by atoms with Crippen LogP contribution in [0.1, 0.15) is 74.7 Å². The van der Waals surface area contributed by atoms with E-state index in [1.165, 1.54) is 0 Å². The van der Waals surface area contributed by atoms with Crippen LogP contribution >= 0.6 is 0 Å². The second-order valence-electron chi connectivity index (χ2n) is 9.17. The molecular formula is C26H28O14. The molecule has 1 aromatic carbocycles. The van der Waals surface area contributed by atoms with Gasteiger partial charge in [-0.2, -0.15) is 0 Å². The molecule has 0 bridgehead atoms. The van der Waals surface area contributed by atoms with Gasteiger partial charge in [-0.05, 0) is 13.8 Å². The van der Waals surface area contributed by atoms with Crippen molar-refractivity contribution in [1.82, 2.24) is 0 Å². The van der Waals surface area contributed by atoms with Crippen LogP contribution in [0.2, 0.25) is 0 Å². The van der Waals surface area contributed by atoms with Crippen molar-refractivity contribution in [3.8, 4) is 17.2 Å². The highest BCUT2D eigenvalue weighted by Gasteiger charge is 2.65. The molecule has 14 heteroatoms. The van der Waals surface area contributed by atoms with Gasteiger partial charge in [0.1, 0.15) is 29.6 Å². The van der Waals surface area contributed by atoms with E-state index in [4.69, 9.17) is 33.2 Å². The predicted molar refractivity (Wildman–Crippen MR) is 129 cm³/mol. The average molecular weight is 564 g/mol. The summed E-state index contributed by atoms with van der Waals surface area (Å²) in [6, 6.07) is 0. The van der Waals surface area contributed by atoms with Gasteiger partial charge in [-0.15, -0.1) is 0 Å². The number of rotatable bonds is 8. The second kappa shape index (κ2) is 11.4. The molecule has 0 radical (unpaired) electrons. The van der Waals surface area contributed by atoms with Crippen molar-refractivity contribution >= 4 is 41.4 Å². The standard InChI is InChI=1S/C26H28O14/c1-10(27)19-21(35-13(4)30)17-8-26(40-22(17)20(11(2)28)24(19)37-15(6)32)25(38-16(7)33)23(36-14(5)31)18(39-26)9-34-12(3)29/h18,23,25H,8-9H2,1-7H3/t18-,23+,25+,26-/m1/s1. The first-order chi connectivity index (χ1) is 18.6. The number of esters is 5. The fraction of sp³-hybridized carbons (Fsp3) is 0.500. The fourth-order valence-corrected chi connectivity index (χ4v) is 4.66. The predicted octanol–water partition coefficient (Wildman–Crippen LogP) is 1.40. The van der Waals surface area contributed by atoms with Gasteiger partial charge in [-0.1, -0.05) is 0 Å². The smallest absolute Gasteiger partial charge is 0.308 e. The Kier molecular flexibility index (Phi) is 8.63. The third kappa shape index (κ3) is 5.96. The van der Waals surface area contributed by atoms with Gasteiger partial charge >= 0.3 is 29.8 Å². The Balaban J connectivity index is 2.32. The zero-order valence-electron chi connectivity index (χ0n) is 22.9. The Bertz CT molecular complexity index is 1310. The van der Waals surface area contributed by atoms with Crippen LogP contribution in [-0.4, -0.2) is 72.1 Å². The zero-order chi connectivity index (χ0) is 30.1. The van der Waals surface area contributed by atoms with E-state index in [2.05, 4.69) is 0 Å². The van der Waals surface area contributed by atoms with E-state index in [0.29, 0.717) is 0 Å². The Morgan fingerprint density at radius 2 is 1.27 bits per heavy atom. The lowest BCUT2D eigenvalue weighted by Gasteiger charge is -2.30. The molecule has 4 atom stereocenters. The van der Waals surface area contributed by atoms with Crippen LogP contribution < -0.4 is 14.2 Å². The maximum Gasteiger partial charge on any atom is 0.308 e. The summed E-state index contributed by atoms with van der Waals surface area (Å²) >= 11 is 0. The molecule has 2 aliphatic heterocycles. The summed E-state index contributed by atoms with van der Waals surface area (Å²) in [6.07, 6.45) is -4.47. The van der Waals surface area contributed by atoms with Crippen LogP contribution in [0.15, 0.2) is 0 Å². The molecule has 1 spiro atoms. The first-order valence-corrected chi connectivity index (χ1v) is 12.0. The normalized spacial score (nSPS) is 22.5. The van der Waals surface area contributed by atoms with E-state index in [1.54, 1.807) is 0 Å². The van der Waals surface area contributed by atoms with Crippen molar-refractivity contribution in [3.05, 3.63) is 16.7 Å². The summed E-state index contributed by atoms with van der Waals surface area (Å²) in [4.78, 5) is 85.3. The number of Topliss-reactive ketones (excluding diaryl/α,β-unsaturated/α-hetero) is 2. The van der Waals surface area contributed by atoms with Gasteiger partial charge in [0.05, 0.1) is 0 Å². The molecule has 3 rings (SSSR count). The van der Waals surface area contributed by atoms with Crippen LogP contribution in [0.5, 0.6) is 17.2 Å². The molecule has 2 heterocycles. The van der Waals surface area contributed by atoms with Crippen molar-refractivity contribution in [2.75, 3.05) is 6.61 Å². The highest BCUT2D eigenvalue weighted by molar-refractivity contribution is 6.09. The van der Waals surface area contributed by atoms with Crippen LogP contribution in [-0.2, 0) is 49.3 Å². The molecule has 0 amide bonds. The molecule has 0 N–H and O–H groups in total. The highest BCUT2D eigenvalue weighted by Crippen LogP contribution is 2.54. The van der Waals surface area contributed by atoms with Gasteiger partial charge in [0.25, 0.3) is 5.79 Å². The number of hydrogen-bond donors (Lipinski definition) is 0. The van der Waals surface area contributed by atoms with Gasteiger partial charge in [0, 0.05) is 46.6 Å². The fourth-order valence-electron chi connectivity index (χ4n) is 4.66. The molecule has 0 aliphatic carbocycles. The Hall–Kier alpha value is -4.33. The molecule has 1 fully saturated rings.